The summed E-state index contributed by atoms with van der Waals surface area (Å²) < 4.78 is 7.10. The molecule has 0 unspecified atom stereocenters. The molecule has 128 valence electrons. The van der Waals surface area contributed by atoms with Crippen molar-refractivity contribution in [1.82, 2.24) is 19.9 Å². The Kier molecular flexibility index (Phi) is 4.55. The summed E-state index contributed by atoms with van der Waals surface area (Å²) in [6.45, 7) is 5.48. The van der Waals surface area contributed by atoms with E-state index < -0.39 is 5.41 Å². The van der Waals surface area contributed by atoms with Crippen LogP contribution < -0.4 is 4.74 Å². The number of amides is 1. The number of carbonyl (C=O) groups excluding carboxylic acids is 1. The van der Waals surface area contributed by atoms with E-state index in [2.05, 4.69) is 10.3 Å². The highest BCUT2D eigenvalue weighted by atomic mass is 16.5. The van der Waals surface area contributed by atoms with Gasteiger partial charge in [0, 0.05) is 19.3 Å². The zero-order chi connectivity index (χ0) is 17.2. The molecule has 2 aromatic rings. The van der Waals surface area contributed by atoms with Crippen LogP contribution in [-0.2, 0) is 10.2 Å². The first-order valence-electron chi connectivity index (χ1n) is 8.32. The molecular formula is C18H24N4O2. The first kappa shape index (κ1) is 16.5. The zero-order valence-electron chi connectivity index (χ0n) is 14.5. The highest BCUT2D eigenvalue weighted by Crippen LogP contribution is 2.30. The minimum absolute atomic E-state index is 0.171. The van der Waals surface area contributed by atoms with Crippen molar-refractivity contribution in [2.75, 3.05) is 20.2 Å². The Labute approximate surface area is 142 Å². The highest BCUT2D eigenvalue weighted by Gasteiger charge is 2.35. The summed E-state index contributed by atoms with van der Waals surface area (Å²) in [6.07, 6.45) is 5.41. The molecule has 0 spiro atoms. The zero-order valence-corrected chi connectivity index (χ0v) is 14.5. The Bertz CT molecular complexity index is 672. The predicted octanol–water partition coefficient (Wildman–Crippen LogP) is 2.43. The summed E-state index contributed by atoms with van der Waals surface area (Å²) in [7, 11) is 1.64. The molecule has 24 heavy (non-hydrogen) atoms. The molecule has 6 heteroatoms. The molecule has 2 heterocycles. The number of ether oxygens (including phenoxy) is 1. The lowest BCUT2D eigenvalue weighted by Gasteiger charge is -2.37. The molecule has 1 aliphatic heterocycles. The lowest BCUT2D eigenvalue weighted by Crippen LogP contribution is -2.47. The van der Waals surface area contributed by atoms with Crippen molar-refractivity contribution in [2.45, 2.75) is 38.1 Å². The molecule has 0 atom stereocenters. The van der Waals surface area contributed by atoms with Crippen LogP contribution >= 0.6 is 0 Å². The first-order valence-corrected chi connectivity index (χ1v) is 8.32. The summed E-state index contributed by atoms with van der Waals surface area (Å²) in [5.74, 6) is 0.973. The number of rotatable bonds is 4. The largest absolute Gasteiger partial charge is 0.497 e. The Balaban J connectivity index is 1.67. The van der Waals surface area contributed by atoms with Gasteiger partial charge in [-0.1, -0.05) is 17.3 Å². The third-order valence-electron chi connectivity index (χ3n) is 4.91. The first-order chi connectivity index (χ1) is 11.5. The predicted molar refractivity (Wildman–Crippen MR) is 90.9 cm³/mol. The highest BCUT2D eigenvalue weighted by molar-refractivity contribution is 5.87. The van der Waals surface area contributed by atoms with E-state index >= 15 is 0 Å². The standard InChI is InChI=1S/C18H24N4O2/c1-18(2,14-4-6-16(24-3)7-5-14)17(23)21-11-8-15(9-12-21)22-13-10-19-20-22/h4-7,10,13,15H,8-9,11-12H2,1-3H3. The second kappa shape index (κ2) is 6.63. The van der Waals surface area contributed by atoms with Gasteiger partial charge in [-0.15, -0.1) is 5.10 Å². The maximum absolute atomic E-state index is 13.0. The number of piperidine rings is 1. The summed E-state index contributed by atoms with van der Waals surface area (Å²) in [6, 6.07) is 8.08. The van der Waals surface area contributed by atoms with Gasteiger partial charge in [-0.25, -0.2) is 4.68 Å². The van der Waals surface area contributed by atoms with Gasteiger partial charge in [-0.2, -0.15) is 0 Å². The van der Waals surface area contributed by atoms with E-state index in [4.69, 9.17) is 4.74 Å². The number of aromatic nitrogens is 3. The number of benzene rings is 1. The summed E-state index contributed by atoms with van der Waals surface area (Å²) in [5, 5.41) is 7.94. The molecule has 1 aromatic heterocycles. The second-order valence-electron chi connectivity index (χ2n) is 6.76. The number of methoxy groups -OCH3 is 1. The molecule has 1 saturated heterocycles. The van der Waals surface area contributed by atoms with E-state index in [9.17, 15) is 4.79 Å². The van der Waals surface area contributed by atoms with Crippen molar-refractivity contribution in [1.29, 1.82) is 0 Å². The van der Waals surface area contributed by atoms with Gasteiger partial charge >= 0.3 is 0 Å². The third kappa shape index (κ3) is 3.13. The Hall–Kier alpha value is -2.37. The van der Waals surface area contributed by atoms with Crippen molar-refractivity contribution in [3.8, 4) is 5.75 Å². The number of nitrogens with zero attached hydrogens (tertiary/aromatic N) is 4. The molecule has 3 rings (SSSR count). The quantitative estimate of drug-likeness (QED) is 0.865. The van der Waals surface area contributed by atoms with Gasteiger partial charge in [0.25, 0.3) is 0 Å². The molecule has 0 saturated carbocycles. The maximum Gasteiger partial charge on any atom is 0.232 e. The van der Waals surface area contributed by atoms with Gasteiger partial charge in [-0.3, -0.25) is 4.79 Å². The SMILES string of the molecule is COc1ccc(C(C)(C)C(=O)N2CCC(n3ccnn3)CC2)cc1. The summed E-state index contributed by atoms with van der Waals surface area (Å²) in [5.41, 5.74) is 0.457. The molecule has 0 aliphatic carbocycles. The Morgan fingerprint density at radius 3 is 2.42 bits per heavy atom. The molecule has 6 nitrogen and oxygen atoms in total. The third-order valence-corrected chi connectivity index (χ3v) is 4.91. The Morgan fingerprint density at radius 2 is 1.88 bits per heavy atom. The van der Waals surface area contributed by atoms with Gasteiger partial charge in [-0.05, 0) is 44.4 Å². The van der Waals surface area contributed by atoms with Gasteiger partial charge in [0.2, 0.25) is 5.91 Å². The van der Waals surface area contributed by atoms with Crippen molar-refractivity contribution in [3.05, 3.63) is 42.2 Å². The summed E-state index contributed by atoms with van der Waals surface area (Å²) >= 11 is 0. The van der Waals surface area contributed by atoms with Crippen LogP contribution in [0.3, 0.4) is 0 Å². The van der Waals surface area contributed by atoms with Gasteiger partial charge in [0.15, 0.2) is 0 Å². The molecule has 0 radical (unpaired) electrons. The molecule has 0 bridgehead atoms. The topological polar surface area (TPSA) is 60.2 Å². The van der Waals surface area contributed by atoms with Crippen LogP contribution in [0, 0.1) is 0 Å². The van der Waals surface area contributed by atoms with Gasteiger partial charge in [0.05, 0.1) is 24.8 Å². The van der Waals surface area contributed by atoms with E-state index in [-0.39, 0.29) is 5.91 Å². The Morgan fingerprint density at radius 1 is 1.21 bits per heavy atom. The number of hydrogen-bond donors (Lipinski definition) is 0. The van der Waals surface area contributed by atoms with Crippen molar-refractivity contribution < 1.29 is 9.53 Å². The fourth-order valence-corrected chi connectivity index (χ4v) is 3.27. The second-order valence-corrected chi connectivity index (χ2v) is 6.76. The van der Waals surface area contributed by atoms with E-state index in [0.29, 0.717) is 6.04 Å². The molecule has 1 aromatic carbocycles. The van der Waals surface area contributed by atoms with Gasteiger partial charge < -0.3 is 9.64 Å². The van der Waals surface area contributed by atoms with Crippen molar-refractivity contribution >= 4 is 5.91 Å². The van der Waals surface area contributed by atoms with Crippen LogP contribution in [0.2, 0.25) is 0 Å². The van der Waals surface area contributed by atoms with Crippen molar-refractivity contribution in [3.63, 3.8) is 0 Å². The monoisotopic (exact) mass is 328 g/mol. The van der Waals surface area contributed by atoms with Crippen molar-refractivity contribution in [2.24, 2.45) is 0 Å². The van der Waals surface area contributed by atoms with Crippen LogP contribution in [0.25, 0.3) is 0 Å². The molecule has 1 fully saturated rings. The fourth-order valence-electron chi connectivity index (χ4n) is 3.27. The normalized spacial score (nSPS) is 16.2. The van der Waals surface area contributed by atoms with E-state index in [1.165, 1.54) is 0 Å². The number of carbonyl (C=O) groups is 1. The minimum Gasteiger partial charge on any atom is -0.497 e. The average Bonchev–Trinajstić information content (AvgIpc) is 3.16. The lowest BCUT2D eigenvalue weighted by atomic mass is 9.82. The van der Waals surface area contributed by atoms with E-state index in [0.717, 1.165) is 37.2 Å². The minimum atomic E-state index is -0.549. The molecule has 1 amide bonds. The van der Waals surface area contributed by atoms with Crippen LogP contribution in [0.1, 0.15) is 38.3 Å². The fraction of sp³-hybridized carbons (Fsp3) is 0.500. The maximum atomic E-state index is 13.0. The van der Waals surface area contributed by atoms with E-state index in [1.54, 1.807) is 13.3 Å². The van der Waals surface area contributed by atoms with Crippen LogP contribution in [0.4, 0.5) is 0 Å². The lowest BCUT2D eigenvalue weighted by molar-refractivity contribution is -0.137. The van der Waals surface area contributed by atoms with Crippen LogP contribution in [-0.4, -0.2) is 46.0 Å². The van der Waals surface area contributed by atoms with Gasteiger partial charge in [0.1, 0.15) is 5.75 Å². The smallest absolute Gasteiger partial charge is 0.232 e. The van der Waals surface area contributed by atoms with Crippen LogP contribution in [0.15, 0.2) is 36.7 Å². The summed E-state index contributed by atoms with van der Waals surface area (Å²) in [4.78, 5) is 15.0. The molecular weight excluding hydrogens is 304 g/mol. The molecule has 0 N–H and O–H groups in total. The number of likely N-dealkylation sites (tertiary alicyclic amines) is 1. The van der Waals surface area contributed by atoms with Crippen LogP contribution in [0.5, 0.6) is 5.75 Å². The van der Waals surface area contributed by atoms with E-state index in [1.807, 2.05) is 53.9 Å². The molecule has 1 aliphatic rings. The number of hydrogen-bond acceptors (Lipinski definition) is 4. The average molecular weight is 328 g/mol.